The smallest absolute Gasteiger partial charge is 0.0820 e. The second kappa shape index (κ2) is 41.6. The summed E-state index contributed by atoms with van der Waals surface area (Å²) in [7, 11) is 9.93. The van der Waals surface area contributed by atoms with E-state index in [9.17, 15) is 0 Å². The maximum Gasteiger partial charge on any atom is 0.0820 e. The number of ether oxygens (including phenoxy) is 10. The fraction of sp³-hybridized carbons (Fsp3) is 1.00. The Labute approximate surface area is 286 Å². The van der Waals surface area contributed by atoms with Gasteiger partial charge in [0.2, 0.25) is 0 Å². The first-order valence-electron chi connectivity index (χ1n) is 17.2. The molecule has 0 radical (unpaired) electrons. The van der Waals surface area contributed by atoms with Gasteiger partial charge in [-0.15, -0.1) is 0 Å². The fourth-order valence-electron chi connectivity index (χ4n) is 3.56. The molecule has 0 saturated heterocycles. The summed E-state index contributed by atoms with van der Waals surface area (Å²) in [5, 5.41) is 17.1. The van der Waals surface area contributed by atoms with Crippen LogP contribution in [-0.4, -0.2) is 206 Å². The predicted molar refractivity (Wildman–Crippen MR) is 183 cm³/mol. The Kier molecular flexibility index (Phi) is 43.0. The summed E-state index contributed by atoms with van der Waals surface area (Å²) in [6, 6.07) is 0. The van der Waals surface area contributed by atoms with Crippen LogP contribution in [0.15, 0.2) is 0 Å². The third kappa shape index (κ3) is 43.4. The molecule has 0 aromatic heterocycles. The van der Waals surface area contributed by atoms with Crippen molar-refractivity contribution in [3.63, 3.8) is 0 Å². The monoisotopic (exact) mass is 689 g/mol. The Hall–Kier alpha value is -0.560. The zero-order chi connectivity index (χ0) is 35.1. The zero-order valence-electron chi connectivity index (χ0n) is 30.7. The Balaban J connectivity index is 0. The van der Waals surface area contributed by atoms with Crippen LogP contribution < -0.4 is 0 Å². The van der Waals surface area contributed by atoms with E-state index in [2.05, 4.69) is 30.8 Å². The molecule has 14 nitrogen and oxygen atoms in total. The highest BCUT2D eigenvalue weighted by atomic mass is 16.6. The summed E-state index contributed by atoms with van der Waals surface area (Å²) in [5.41, 5.74) is 0. The maximum atomic E-state index is 8.54. The summed E-state index contributed by atoms with van der Waals surface area (Å²) in [5.74, 6) is 0. The highest BCUT2D eigenvalue weighted by Crippen LogP contribution is 2.03. The first-order valence-corrected chi connectivity index (χ1v) is 17.2. The lowest BCUT2D eigenvalue weighted by atomic mass is 10.2. The van der Waals surface area contributed by atoms with Crippen LogP contribution in [0, 0.1) is 0 Å². The summed E-state index contributed by atoms with van der Waals surface area (Å²) in [6.45, 7) is 13.3. The lowest BCUT2D eigenvalue weighted by Gasteiger charge is -2.20. The van der Waals surface area contributed by atoms with Crippen LogP contribution in [0.3, 0.4) is 0 Å². The van der Waals surface area contributed by atoms with Crippen LogP contribution in [0.2, 0.25) is 0 Å². The number of methoxy groups -OCH3 is 1. The van der Waals surface area contributed by atoms with Crippen LogP contribution in [0.1, 0.15) is 32.6 Å². The van der Waals surface area contributed by atoms with Gasteiger partial charge in [-0.05, 0) is 47.5 Å². The largest absolute Gasteiger partial charge is 0.394 e. The molecule has 0 aliphatic carbocycles. The normalized spacial score (nSPS) is 12.9. The van der Waals surface area contributed by atoms with E-state index in [4.69, 9.17) is 57.6 Å². The molecule has 0 aliphatic heterocycles. The maximum absolute atomic E-state index is 8.54. The third-order valence-corrected chi connectivity index (χ3v) is 6.29. The van der Waals surface area contributed by atoms with Crippen molar-refractivity contribution in [3.05, 3.63) is 0 Å². The van der Waals surface area contributed by atoms with Crippen LogP contribution in [0.25, 0.3) is 0 Å². The molecule has 0 aromatic rings. The number of hydrogen-bond donors (Lipinski definition) is 2. The van der Waals surface area contributed by atoms with Gasteiger partial charge >= 0.3 is 0 Å². The van der Waals surface area contributed by atoms with Crippen molar-refractivity contribution in [3.8, 4) is 0 Å². The van der Waals surface area contributed by atoms with E-state index >= 15 is 0 Å². The lowest BCUT2D eigenvalue weighted by molar-refractivity contribution is -0.0429. The molecule has 2 unspecified atom stereocenters. The molecule has 14 heteroatoms. The number of unbranched alkanes of at least 4 members (excludes halogenated alkanes) is 1. The molecule has 0 aliphatic rings. The first kappa shape index (κ1) is 48.6. The molecule has 286 valence electrons. The van der Waals surface area contributed by atoms with Crippen molar-refractivity contribution in [1.82, 2.24) is 9.80 Å². The fourth-order valence-corrected chi connectivity index (χ4v) is 3.56. The summed E-state index contributed by atoms with van der Waals surface area (Å²) >= 11 is 0. The quantitative estimate of drug-likeness (QED) is 0.0904. The molecule has 0 saturated carbocycles. The molecule has 0 heterocycles. The van der Waals surface area contributed by atoms with Gasteiger partial charge in [-0.1, -0.05) is 13.3 Å². The van der Waals surface area contributed by atoms with E-state index in [1.54, 1.807) is 7.11 Å². The molecule has 0 amide bonds. The highest BCUT2D eigenvalue weighted by molar-refractivity contribution is 4.60. The van der Waals surface area contributed by atoms with Gasteiger partial charge in [0.25, 0.3) is 0 Å². The summed E-state index contributed by atoms with van der Waals surface area (Å²) < 4.78 is 54.1. The van der Waals surface area contributed by atoms with Gasteiger partial charge in [-0.2, -0.15) is 0 Å². The van der Waals surface area contributed by atoms with Gasteiger partial charge < -0.3 is 67.4 Å². The molecule has 0 fully saturated rings. The van der Waals surface area contributed by atoms with E-state index in [0.717, 1.165) is 45.4 Å². The van der Waals surface area contributed by atoms with E-state index in [1.165, 1.54) is 0 Å². The van der Waals surface area contributed by atoms with Gasteiger partial charge in [0.05, 0.1) is 131 Å². The van der Waals surface area contributed by atoms with Gasteiger partial charge in [0.1, 0.15) is 0 Å². The summed E-state index contributed by atoms with van der Waals surface area (Å²) in [6.07, 6.45) is 4.44. The van der Waals surface area contributed by atoms with Gasteiger partial charge in [0, 0.05) is 26.8 Å². The Bertz CT molecular complexity index is 568. The summed E-state index contributed by atoms with van der Waals surface area (Å²) in [4.78, 5) is 4.29. The Morgan fingerprint density at radius 3 is 1.15 bits per heavy atom. The molecule has 0 bridgehead atoms. The number of rotatable bonds is 37. The lowest BCUT2D eigenvalue weighted by Crippen LogP contribution is -2.27. The SMILES string of the molecule is CCCCOC(CCN(C)C)COCCOCCOCCOCCO.COC(CCN(C)C)COCCOCCOCCOCCO. The van der Waals surface area contributed by atoms with E-state index in [0.29, 0.717) is 106 Å². The molecule has 2 N–H and O–H groups in total. The molecule has 47 heavy (non-hydrogen) atoms. The van der Waals surface area contributed by atoms with E-state index in [-0.39, 0.29) is 25.4 Å². The molecule has 0 rings (SSSR count). The van der Waals surface area contributed by atoms with Crippen LogP contribution >= 0.6 is 0 Å². The average Bonchev–Trinajstić information content (AvgIpc) is 3.05. The molecule has 0 aromatic carbocycles. The van der Waals surface area contributed by atoms with E-state index < -0.39 is 0 Å². The third-order valence-electron chi connectivity index (χ3n) is 6.29. The van der Waals surface area contributed by atoms with Gasteiger partial charge in [0.15, 0.2) is 0 Å². The molecule has 2 atom stereocenters. The van der Waals surface area contributed by atoms with Crippen molar-refractivity contribution < 1.29 is 57.6 Å². The Morgan fingerprint density at radius 1 is 0.468 bits per heavy atom. The number of hydrogen-bond acceptors (Lipinski definition) is 14. The van der Waals surface area contributed by atoms with Crippen molar-refractivity contribution >= 4 is 0 Å². The van der Waals surface area contributed by atoms with Crippen LogP contribution in [0.4, 0.5) is 0 Å². The molecule has 0 spiro atoms. The standard InChI is InChI=1S/C18H39NO6.C15H33NO6/c1-4-5-9-25-18(6-7-19(2)3)17-24-16-15-23-14-13-22-12-11-21-10-8-20;1-16(2)5-4-15(18-3)14-22-13-12-21-11-10-20-9-8-19-7-6-17/h18,20H,4-17H2,1-3H3;15,17H,4-14H2,1-3H3. The first-order chi connectivity index (χ1) is 22.9. The van der Waals surface area contributed by atoms with Crippen molar-refractivity contribution in [2.75, 3.05) is 174 Å². The van der Waals surface area contributed by atoms with Crippen LogP contribution in [0.5, 0.6) is 0 Å². The topological polar surface area (TPSA) is 139 Å². The highest BCUT2D eigenvalue weighted by Gasteiger charge is 2.10. The minimum absolute atomic E-state index is 0.0438. The Morgan fingerprint density at radius 2 is 0.809 bits per heavy atom. The number of aliphatic hydroxyl groups excluding tert-OH is 2. The zero-order valence-corrected chi connectivity index (χ0v) is 30.7. The van der Waals surface area contributed by atoms with Gasteiger partial charge in [-0.3, -0.25) is 0 Å². The molecular formula is C33H72N2O12. The second-order valence-electron chi connectivity index (χ2n) is 11.2. The molecular weight excluding hydrogens is 616 g/mol. The van der Waals surface area contributed by atoms with Crippen molar-refractivity contribution in [2.45, 2.75) is 44.8 Å². The predicted octanol–water partition coefficient (Wildman–Crippen LogP) is 1.19. The number of aliphatic hydroxyl groups is 2. The van der Waals surface area contributed by atoms with Gasteiger partial charge in [-0.25, -0.2) is 0 Å². The minimum atomic E-state index is 0.0438. The van der Waals surface area contributed by atoms with Crippen LogP contribution in [-0.2, 0) is 47.4 Å². The number of nitrogens with zero attached hydrogens (tertiary/aromatic N) is 2. The average molecular weight is 689 g/mol. The second-order valence-corrected chi connectivity index (χ2v) is 11.2. The van der Waals surface area contributed by atoms with Crippen molar-refractivity contribution in [2.24, 2.45) is 0 Å². The van der Waals surface area contributed by atoms with E-state index in [1.807, 2.05) is 14.1 Å². The minimum Gasteiger partial charge on any atom is -0.394 e. The van der Waals surface area contributed by atoms with Crippen molar-refractivity contribution in [1.29, 1.82) is 0 Å².